The number of fused-ring (bicyclic) bond motifs is 1. The predicted molar refractivity (Wildman–Crippen MR) is 86.2 cm³/mol. The Balaban J connectivity index is 2.16. The van der Waals surface area contributed by atoms with Crippen LogP contribution in [0.1, 0.15) is 52.1 Å². The van der Waals surface area contributed by atoms with Crippen molar-refractivity contribution in [2.24, 2.45) is 24.1 Å². The third kappa shape index (κ3) is 3.76. The fraction of sp³-hybridized carbons (Fsp3) is 0.588. The summed E-state index contributed by atoms with van der Waals surface area (Å²) in [4.78, 5) is 11.5. The van der Waals surface area contributed by atoms with Crippen molar-refractivity contribution in [3.05, 3.63) is 34.3 Å². The van der Waals surface area contributed by atoms with E-state index in [1.54, 1.807) is 7.05 Å². The molecule has 0 amide bonds. The maximum atomic E-state index is 11.5. The molecule has 21 heavy (non-hydrogen) atoms. The molecule has 2 atom stereocenters. The second-order valence-electron chi connectivity index (χ2n) is 7.37. The van der Waals surface area contributed by atoms with Gasteiger partial charge < -0.3 is 10.2 Å². The lowest BCUT2D eigenvalue weighted by Crippen LogP contribution is -2.18. The number of rotatable bonds is 4. The second kappa shape index (κ2) is 5.68. The number of nitrogens with two attached hydrogens (primary N) is 1. The number of oxazole rings is 1. The molecule has 2 rings (SSSR count). The first kappa shape index (κ1) is 15.8. The summed E-state index contributed by atoms with van der Waals surface area (Å²) < 4.78 is 6.73. The molecule has 1 heterocycles. The van der Waals surface area contributed by atoms with Crippen LogP contribution in [0.3, 0.4) is 0 Å². The zero-order valence-corrected chi connectivity index (χ0v) is 13.6. The van der Waals surface area contributed by atoms with Gasteiger partial charge in [0.2, 0.25) is 0 Å². The van der Waals surface area contributed by atoms with Crippen LogP contribution in [0.4, 0.5) is 0 Å². The van der Waals surface area contributed by atoms with E-state index >= 15 is 0 Å². The highest BCUT2D eigenvalue weighted by atomic mass is 16.4. The molecule has 2 N–H and O–H groups in total. The van der Waals surface area contributed by atoms with Crippen LogP contribution in [0.25, 0.3) is 11.1 Å². The molecule has 0 aliphatic heterocycles. The Labute approximate surface area is 125 Å². The summed E-state index contributed by atoms with van der Waals surface area (Å²) in [7, 11) is 1.71. The maximum Gasteiger partial charge on any atom is 0.419 e. The summed E-state index contributed by atoms with van der Waals surface area (Å²) in [6.07, 6.45) is 2.07. The Bertz CT molecular complexity index is 676. The highest BCUT2D eigenvalue weighted by molar-refractivity contribution is 5.73. The zero-order chi connectivity index (χ0) is 15.8. The fourth-order valence-electron chi connectivity index (χ4n) is 3.08. The largest absolute Gasteiger partial charge is 0.419 e. The van der Waals surface area contributed by atoms with Crippen molar-refractivity contribution in [1.29, 1.82) is 0 Å². The molecule has 2 aromatic rings. The predicted octanol–water partition coefficient (Wildman–Crippen LogP) is 3.59. The molecule has 0 fully saturated rings. The number of nitrogens with zero attached hydrogens (tertiary/aromatic N) is 1. The Morgan fingerprint density at radius 2 is 2.00 bits per heavy atom. The number of hydrogen-bond donors (Lipinski definition) is 1. The van der Waals surface area contributed by atoms with Crippen LogP contribution in [-0.2, 0) is 7.05 Å². The van der Waals surface area contributed by atoms with Crippen molar-refractivity contribution >= 4 is 11.1 Å². The number of benzene rings is 1. The van der Waals surface area contributed by atoms with Crippen molar-refractivity contribution in [2.45, 2.75) is 46.6 Å². The molecule has 1 aromatic heterocycles. The zero-order valence-electron chi connectivity index (χ0n) is 13.6. The first-order valence-electron chi connectivity index (χ1n) is 7.52. The minimum absolute atomic E-state index is 0.0303. The Morgan fingerprint density at radius 3 is 2.62 bits per heavy atom. The van der Waals surface area contributed by atoms with Crippen molar-refractivity contribution in [2.75, 3.05) is 0 Å². The standard InChI is InChI=1S/C17H26N2O2/c1-11(10-17(2,3)4)8-13(18)12-6-7-14-15(9-12)21-16(20)19(14)5/h6-7,9,11,13H,8,10,18H2,1-5H3. The fourth-order valence-corrected chi connectivity index (χ4v) is 3.08. The molecule has 4 nitrogen and oxygen atoms in total. The molecule has 0 saturated heterocycles. The minimum Gasteiger partial charge on any atom is -0.408 e. The minimum atomic E-state index is -0.336. The summed E-state index contributed by atoms with van der Waals surface area (Å²) in [6, 6.07) is 5.76. The Morgan fingerprint density at radius 1 is 1.33 bits per heavy atom. The summed E-state index contributed by atoms with van der Waals surface area (Å²) >= 11 is 0. The molecule has 116 valence electrons. The van der Waals surface area contributed by atoms with E-state index in [2.05, 4.69) is 27.7 Å². The van der Waals surface area contributed by atoms with Crippen LogP contribution >= 0.6 is 0 Å². The van der Waals surface area contributed by atoms with E-state index in [9.17, 15) is 4.79 Å². The normalized spacial score (nSPS) is 15.3. The van der Waals surface area contributed by atoms with E-state index in [1.807, 2.05) is 18.2 Å². The van der Waals surface area contributed by atoms with Gasteiger partial charge in [0.25, 0.3) is 0 Å². The van der Waals surface area contributed by atoms with Gasteiger partial charge in [-0.25, -0.2) is 4.79 Å². The van der Waals surface area contributed by atoms with Crippen LogP contribution in [0.2, 0.25) is 0 Å². The summed E-state index contributed by atoms with van der Waals surface area (Å²) in [5.41, 5.74) is 9.08. The smallest absolute Gasteiger partial charge is 0.408 e. The van der Waals surface area contributed by atoms with Gasteiger partial charge in [-0.15, -0.1) is 0 Å². The lowest BCUT2D eigenvalue weighted by molar-refractivity contribution is 0.286. The highest BCUT2D eigenvalue weighted by Crippen LogP contribution is 2.30. The molecule has 2 unspecified atom stereocenters. The van der Waals surface area contributed by atoms with Crippen molar-refractivity contribution in [1.82, 2.24) is 4.57 Å². The van der Waals surface area contributed by atoms with Gasteiger partial charge in [-0.3, -0.25) is 4.57 Å². The Kier molecular flexibility index (Phi) is 4.28. The van der Waals surface area contributed by atoms with Gasteiger partial charge in [0, 0.05) is 13.1 Å². The van der Waals surface area contributed by atoms with Gasteiger partial charge in [0.05, 0.1) is 5.52 Å². The van der Waals surface area contributed by atoms with Crippen molar-refractivity contribution in [3.8, 4) is 0 Å². The quantitative estimate of drug-likeness (QED) is 0.936. The first-order chi connectivity index (χ1) is 9.67. The SMILES string of the molecule is CC(CC(N)c1ccc2c(c1)oc(=O)n2C)CC(C)(C)C. The van der Waals surface area contributed by atoms with Gasteiger partial charge in [-0.2, -0.15) is 0 Å². The van der Waals surface area contributed by atoms with Crippen LogP contribution in [0, 0.1) is 11.3 Å². The van der Waals surface area contributed by atoms with Crippen LogP contribution in [0.15, 0.2) is 27.4 Å². The van der Waals surface area contributed by atoms with E-state index in [0.717, 1.165) is 23.9 Å². The third-order valence-corrected chi connectivity index (χ3v) is 3.86. The summed E-state index contributed by atoms with van der Waals surface area (Å²) in [6.45, 7) is 8.99. The molecular formula is C17H26N2O2. The van der Waals surface area contributed by atoms with Gasteiger partial charge >= 0.3 is 5.76 Å². The summed E-state index contributed by atoms with van der Waals surface area (Å²) in [5, 5.41) is 0. The van der Waals surface area contributed by atoms with Gasteiger partial charge in [-0.05, 0) is 41.9 Å². The molecule has 0 bridgehead atoms. The van der Waals surface area contributed by atoms with Crippen molar-refractivity contribution in [3.63, 3.8) is 0 Å². The molecule has 4 heteroatoms. The molecule has 0 radical (unpaired) electrons. The molecule has 0 aliphatic carbocycles. The van der Waals surface area contributed by atoms with Gasteiger partial charge in [-0.1, -0.05) is 33.8 Å². The van der Waals surface area contributed by atoms with E-state index in [0.29, 0.717) is 16.9 Å². The Hall–Kier alpha value is -1.55. The van der Waals surface area contributed by atoms with Crippen LogP contribution in [0.5, 0.6) is 0 Å². The summed E-state index contributed by atoms with van der Waals surface area (Å²) in [5.74, 6) is 0.218. The number of aromatic nitrogens is 1. The third-order valence-electron chi connectivity index (χ3n) is 3.86. The lowest BCUT2D eigenvalue weighted by atomic mass is 9.82. The topological polar surface area (TPSA) is 61.2 Å². The van der Waals surface area contributed by atoms with E-state index in [-0.39, 0.29) is 11.8 Å². The van der Waals surface area contributed by atoms with E-state index in [4.69, 9.17) is 10.2 Å². The molecule has 0 aliphatic rings. The number of hydrogen-bond acceptors (Lipinski definition) is 3. The lowest BCUT2D eigenvalue weighted by Gasteiger charge is -2.25. The highest BCUT2D eigenvalue weighted by Gasteiger charge is 2.19. The molecular weight excluding hydrogens is 264 g/mol. The average Bonchev–Trinajstić information content (AvgIpc) is 2.62. The first-order valence-corrected chi connectivity index (χ1v) is 7.52. The monoisotopic (exact) mass is 290 g/mol. The van der Waals surface area contributed by atoms with Crippen LogP contribution < -0.4 is 11.5 Å². The second-order valence-corrected chi connectivity index (χ2v) is 7.37. The molecule has 1 aromatic carbocycles. The van der Waals surface area contributed by atoms with E-state index < -0.39 is 0 Å². The van der Waals surface area contributed by atoms with Crippen molar-refractivity contribution < 1.29 is 4.42 Å². The average molecular weight is 290 g/mol. The van der Waals surface area contributed by atoms with Crippen LogP contribution in [-0.4, -0.2) is 4.57 Å². The molecule has 0 spiro atoms. The molecule has 0 saturated carbocycles. The van der Waals surface area contributed by atoms with Gasteiger partial charge in [0.15, 0.2) is 5.58 Å². The maximum absolute atomic E-state index is 11.5. The number of aryl methyl sites for hydroxylation is 1. The van der Waals surface area contributed by atoms with Gasteiger partial charge in [0.1, 0.15) is 0 Å². The van der Waals surface area contributed by atoms with E-state index in [1.165, 1.54) is 4.57 Å².